The standard InChI is InChI=1S/C16H13BrN4O2/c1-10-7-15(21-23-10)20-14-6-5-11(9-18-14)16(22)19-13-4-2-3-12(17)8-13/h2-9H,1H3,(H,19,22)(H,18,20,21). The Morgan fingerprint density at radius 2 is 2.04 bits per heavy atom. The third kappa shape index (κ3) is 3.95. The first-order valence-electron chi connectivity index (χ1n) is 6.83. The van der Waals surface area contributed by atoms with E-state index in [1.807, 2.05) is 24.3 Å². The molecule has 0 spiro atoms. The van der Waals surface area contributed by atoms with E-state index in [2.05, 4.69) is 36.7 Å². The number of carbonyl (C=O) groups is 1. The molecule has 3 aromatic rings. The van der Waals surface area contributed by atoms with E-state index in [9.17, 15) is 4.79 Å². The summed E-state index contributed by atoms with van der Waals surface area (Å²) in [6, 6.07) is 12.5. The number of hydrogen-bond acceptors (Lipinski definition) is 5. The van der Waals surface area contributed by atoms with E-state index in [0.29, 0.717) is 28.6 Å². The lowest BCUT2D eigenvalue weighted by molar-refractivity contribution is 0.102. The zero-order valence-electron chi connectivity index (χ0n) is 12.2. The van der Waals surface area contributed by atoms with Crippen molar-refractivity contribution < 1.29 is 9.32 Å². The van der Waals surface area contributed by atoms with Crippen molar-refractivity contribution in [3.63, 3.8) is 0 Å². The van der Waals surface area contributed by atoms with Crippen LogP contribution in [0.5, 0.6) is 0 Å². The first kappa shape index (κ1) is 15.2. The summed E-state index contributed by atoms with van der Waals surface area (Å²) < 4.78 is 5.87. The van der Waals surface area contributed by atoms with Gasteiger partial charge in [-0.25, -0.2) is 4.98 Å². The summed E-state index contributed by atoms with van der Waals surface area (Å²) >= 11 is 3.37. The molecule has 1 amide bonds. The van der Waals surface area contributed by atoms with Crippen molar-refractivity contribution in [1.29, 1.82) is 0 Å². The predicted octanol–water partition coefficient (Wildman–Crippen LogP) is 4.14. The van der Waals surface area contributed by atoms with Crippen LogP contribution in [0.1, 0.15) is 16.1 Å². The van der Waals surface area contributed by atoms with Gasteiger partial charge in [0.15, 0.2) is 5.82 Å². The number of pyridine rings is 1. The summed E-state index contributed by atoms with van der Waals surface area (Å²) in [5.74, 6) is 1.63. The summed E-state index contributed by atoms with van der Waals surface area (Å²) in [5.41, 5.74) is 1.18. The molecule has 2 N–H and O–H groups in total. The van der Waals surface area contributed by atoms with Crippen LogP contribution in [0.3, 0.4) is 0 Å². The quantitative estimate of drug-likeness (QED) is 0.719. The van der Waals surface area contributed by atoms with Gasteiger partial charge in [-0.1, -0.05) is 27.2 Å². The molecule has 0 fully saturated rings. The van der Waals surface area contributed by atoms with Crippen molar-refractivity contribution in [2.24, 2.45) is 0 Å². The first-order valence-corrected chi connectivity index (χ1v) is 7.63. The Kier molecular flexibility index (Phi) is 4.38. The van der Waals surface area contributed by atoms with Crippen LogP contribution in [0.15, 0.2) is 57.7 Å². The number of anilines is 3. The maximum atomic E-state index is 12.2. The normalized spacial score (nSPS) is 10.3. The van der Waals surface area contributed by atoms with Crippen LogP contribution in [-0.2, 0) is 0 Å². The molecular formula is C16H13BrN4O2. The molecule has 3 rings (SSSR count). The van der Waals surface area contributed by atoms with E-state index in [0.717, 1.165) is 4.47 Å². The Bertz CT molecular complexity index is 830. The molecule has 0 saturated carbocycles. The summed E-state index contributed by atoms with van der Waals surface area (Å²) in [4.78, 5) is 16.4. The highest BCUT2D eigenvalue weighted by atomic mass is 79.9. The van der Waals surface area contributed by atoms with E-state index in [4.69, 9.17) is 4.52 Å². The average molecular weight is 373 g/mol. The lowest BCUT2D eigenvalue weighted by Crippen LogP contribution is -2.12. The van der Waals surface area contributed by atoms with Gasteiger partial charge in [0.2, 0.25) is 0 Å². The molecule has 6 nitrogen and oxygen atoms in total. The molecule has 2 heterocycles. The van der Waals surface area contributed by atoms with E-state index < -0.39 is 0 Å². The van der Waals surface area contributed by atoms with Crippen LogP contribution < -0.4 is 10.6 Å². The smallest absolute Gasteiger partial charge is 0.257 e. The van der Waals surface area contributed by atoms with Gasteiger partial charge in [0.05, 0.1) is 5.56 Å². The molecule has 0 bridgehead atoms. The highest BCUT2D eigenvalue weighted by Gasteiger charge is 2.08. The highest BCUT2D eigenvalue weighted by Crippen LogP contribution is 2.17. The van der Waals surface area contributed by atoms with Crippen molar-refractivity contribution in [2.75, 3.05) is 10.6 Å². The second kappa shape index (κ2) is 6.62. The van der Waals surface area contributed by atoms with Gasteiger partial charge in [0, 0.05) is 22.4 Å². The summed E-state index contributed by atoms with van der Waals surface area (Å²) in [6.07, 6.45) is 1.50. The highest BCUT2D eigenvalue weighted by molar-refractivity contribution is 9.10. The van der Waals surface area contributed by atoms with Crippen LogP contribution in [-0.4, -0.2) is 16.0 Å². The number of nitrogens with zero attached hydrogens (tertiary/aromatic N) is 2. The molecule has 0 saturated heterocycles. The molecule has 2 aromatic heterocycles. The number of aryl methyl sites for hydroxylation is 1. The molecule has 0 radical (unpaired) electrons. The fourth-order valence-electron chi connectivity index (χ4n) is 1.93. The SMILES string of the molecule is Cc1cc(Nc2ccc(C(=O)Nc3cccc(Br)c3)cn2)no1. The second-order valence-corrected chi connectivity index (χ2v) is 5.76. The monoisotopic (exact) mass is 372 g/mol. The summed E-state index contributed by atoms with van der Waals surface area (Å²) in [6.45, 7) is 1.81. The maximum absolute atomic E-state index is 12.2. The zero-order valence-corrected chi connectivity index (χ0v) is 13.8. The van der Waals surface area contributed by atoms with Crippen LogP contribution in [0, 0.1) is 6.92 Å². The van der Waals surface area contributed by atoms with Crippen LogP contribution in [0.25, 0.3) is 0 Å². The van der Waals surface area contributed by atoms with Gasteiger partial charge in [-0.3, -0.25) is 4.79 Å². The zero-order chi connectivity index (χ0) is 16.2. The minimum Gasteiger partial charge on any atom is -0.360 e. The molecule has 23 heavy (non-hydrogen) atoms. The number of benzene rings is 1. The molecule has 0 aliphatic rings. The van der Waals surface area contributed by atoms with Gasteiger partial charge in [0.1, 0.15) is 11.6 Å². The van der Waals surface area contributed by atoms with Gasteiger partial charge in [-0.05, 0) is 37.3 Å². The Hall–Kier alpha value is -2.67. The molecular weight excluding hydrogens is 360 g/mol. The molecule has 1 aromatic carbocycles. The maximum Gasteiger partial charge on any atom is 0.257 e. The third-order valence-electron chi connectivity index (χ3n) is 2.99. The number of hydrogen-bond donors (Lipinski definition) is 2. The van der Waals surface area contributed by atoms with Gasteiger partial charge in [-0.2, -0.15) is 0 Å². The predicted molar refractivity (Wildman–Crippen MR) is 90.9 cm³/mol. The minimum atomic E-state index is -0.223. The lowest BCUT2D eigenvalue weighted by Gasteiger charge is -2.06. The van der Waals surface area contributed by atoms with E-state index in [1.165, 1.54) is 6.20 Å². The molecule has 7 heteroatoms. The van der Waals surface area contributed by atoms with E-state index >= 15 is 0 Å². The van der Waals surface area contributed by atoms with E-state index in [-0.39, 0.29) is 5.91 Å². The Morgan fingerprint density at radius 3 is 2.70 bits per heavy atom. The van der Waals surface area contributed by atoms with Gasteiger partial charge in [-0.15, -0.1) is 0 Å². The van der Waals surface area contributed by atoms with Crippen molar-refractivity contribution in [2.45, 2.75) is 6.92 Å². The van der Waals surface area contributed by atoms with Crippen LogP contribution in [0.2, 0.25) is 0 Å². The summed E-state index contributed by atoms with van der Waals surface area (Å²) in [5, 5.41) is 9.63. The largest absolute Gasteiger partial charge is 0.360 e. The molecule has 0 atom stereocenters. The molecule has 0 aliphatic heterocycles. The van der Waals surface area contributed by atoms with Gasteiger partial charge >= 0.3 is 0 Å². The number of rotatable bonds is 4. The summed E-state index contributed by atoms with van der Waals surface area (Å²) in [7, 11) is 0. The van der Waals surface area contributed by atoms with Gasteiger partial charge in [0.25, 0.3) is 5.91 Å². The first-order chi connectivity index (χ1) is 11.1. The molecule has 0 unspecified atom stereocenters. The van der Waals surface area contributed by atoms with E-state index in [1.54, 1.807) is 25.1 Å². The average Bonchev–Trinajstić information content (AvgIpc) is 2.93. The fourth-order valence-corrected chi connectivity index (χ4v) is 2.33. The molecule has 0 aliphatic carbocycles. The topological polar surface area (TPSA) is 80.0 Å². The van der Waals surface area contributed by atoms with Crippen LogP contribution in [0.4, 0.5) is 17.3 Å². The second-order valence-electron chi connectivity index (χ2n) is 4.84. The van der Waals surface area contributed by atoms with Crippen LogP contribution >= 0.6 is 15.9 Å². The Balaban J connectivity index is 1.67. The molecule has 116 valence electrons. The number of aromatic nitrogens is 2. The van der Waals surface area contributed by atoms with Crippen molar-refractivity contribution in [3.8, 4) is 0 Å². The minimum absolute atomic E-state index is 0.223. The van der Waals surface area contributed by atoms with Crippen molar-refractivity contribution in [3.05, 3.63) is 64.5 Å². The van der Waals surface area contributed by atoms with Gasteiger partial charge < -0.3 is 15.2 Å². The lowest BCUT2D eigenvalue weighted by atomic mass is 10.2. The number of nitrogens with one attached hydrogen (secondary N) is 2. The third-order valence-corrected chi connectivity index (χ3v) is 3.49. The number of amides is 1. The van der Waals surface area contributed by atoms with Crippen molar-refractivity contribution in [1.82, 2.24) is 10.1 Å². The fraction of sp³-hybridized carbons (Fsp3) is 0.0625. The Morgan fingerprint density at radius 1 is 1.17 bits per heavy atom. The number of carbonyl (C=O) groups excluding carboxylic acids is 1. The van der Waals surface area contributed by atoms with Crippen molar-refractivity contribution >= 4 is 39.2 Å². The Labute approximate surface area is 141 Å². The number of halogens is 1.